The summed E-state index contributed by atoms with van der Waals surface area (Å²) in [6, 6.07) is 29.2. The molecule has 4 heterocycles. The predicted octanol–water partition coefficient (Wildman–Crippen LogP) is 21.3. The molecule has 4 amide bonds. The van der Waals surface area contributed by atoms with E-state index in [0.29, 0.717) is 19.5 Å². The van der Waals surface area contributed by atoms with Gasteiger partial charge in [-0.1, -0.05) is 187 Å². The Morgan fingerprint density at radius 3 is 0.628 bits per heavy atom. The van der Waals surface area contributed by atoms with Crippen molar-refractivity contribution >= 4 is 105 Å². The van der Waals surface area contributed by atoms with Gasteiger partial charge >= 0.3 is 35.8 Å². The lowest BCUT2D eigenvalue weighted by Crippen LogP contribution is -2.43. The summed E-state index contributed by atoms with van der Waals surface area (Å²) < 4.78 is 52.1. The molecule has 0 aliphatic rings. The number of benzene rings is 4. The first-order valence-electron chi connectivity index (χ1n) is 50.9. The van der Waals surface area contributed by atoms with Crippen molar-refractivity contribution in [3.05, 3.63) is 203 Å². The van der Waals surface area contributed by atoms with Crippen molar-refractivity contribution in [2.45, 2.75) is 342 Å². The van der Waals surface area contributed by atoms with Gasteiger partial charge in [0.1, 0.15) is 73.6 Å². The molecular weight excluding hydrogens is 1960 g/mol. The third-order valence-corrected chi connectivity index (χ3v) is 34.1. The van der Waals surface area contributed by atoms with Gasteiger partial charge in [-0.3, -0.25) is 28.8 Å². The van der Waals surface area contributed by atoms with E-state index >= 15 is 0 Å². The average Bonchev–Trinajstić information content (AvgIpc) is 1.67. The second kappa shape index (κ2) is 56.0. The molecule has 4 aromatic heterocycles. The number of aliphatic hydroxyl groups excluding tert-OH is 4. The Bertz CT molecular complexity index is 5430. The summed E-state index contributed by atoms with van der Waals surface area (Å²) in [5.41, 5.74) is 9.63. The standard InChI is InChI=1S/2C30H43NO7S.2C28H41NO5S/c2*1-10-30(11-2,20-12-13-22(18(3)14-20)38-17-23(32)29(5,6)7)24-15-19(4)26(39-24)27(34)31-21(28(35)37-9)16-25(33)36-8;2*1-10-28(11-2,20-12-13-21(17(3)14-20)34-16-22(30)27(6,7)8)23-15-18(4)24(35-23)25(31)29-19(5)26(32)33-9/h2*12-15,21,23,32H,10-11,16-17H2,1-9H3,(H,31,34);2*12-15,19,22,30H,10-11,16H2,1-9H3,(H,29,31)/t2*21-,23?;2*19-,22?/m1010/s1. The Hall–Kier alpha value is -10.6. The first-order chi connectivity index (χ1) is 69.1. The zero-order chi connectivity index (χ0) is 112. The molecule has 0 bridgehead atoms. The molecule has 0 spiro atoms. The molecule has 148 heavy (non-hydrogen) atoms. The van der Waals surface area contributed by atoms with Crippen LogP contribution >= 0.6 is 45.3 Å². The van der Waals surface area contributed by atoms with Crippen molar-refractivity contribution in [3.8, 4) is 23.0 Å². The number of ether oxygens (including phenoxy) is 10. The lowest BCUT2D eigenvalue weighted by molar-refractivity contribution is -0.149. The lowest BCUT2D eigenvalue weighted by Gasteiger charge is -2.32. The number of rotatable bonds is 44. The third-order valence-electron chi connectivity index (χ3n) is 28.3. The van der Waals surface area contributed by atoms with E-state index in [1.54, 1.807) is 13.8 Å². The van der Waals surface area contributed by atoms with Gasteiger partial charge in [-0.25, -0.2) is 19.2 Å². The van der Waals surface area contributed by atoms with E-state index in [1.807, 2.05) is 175 Å². The van der Waals surface area contributed by atoms with Crippen LogP contribution in [0.3, 0.4) is 0 Å². The van der Waals surface area contributed by atoms with E-state index in [0.717, 1.165) is 150 Å². The number of aryl methyl sites for hydroxylation is 8. The predicted molar refractivity (Wildman–Crippen MR) is 588 cm³/mol. The summed E-state index contributed by atoms with van der Waals surface area (Å²) in [5.74, 6) is -2.08. The van der Waals surface area contributed by atoms with E-state index in [9.17, 15) is 68.4 Å². The summed E-state index contributed by atoms with van der Waals surface area (Å²) in [7, 11) is 7.46. The molecule has 28 nitrogen and oxygen atoms in total. The highest BCUT2D eigenvalue weighted by Crippen LogP contribution is 2.50. The topological polar surface area (TPSA) is 392 Å². The van der Waals surface area contributed by atoms with Crippen LogP contribution in [-0.4, -0.2) is 198 Å². The van der Waals surface area contributed by atoms with Crippen molar-refractivity contribution in [1.82, 2.24) is 21.3 Å². The maximum absolute atomic E-state index is 13.2. The molecule has 0 aliphatic carbocycles. The summed E-state index contributed by atoms with van der Waals surface area (Å²) >= 11 is 5.73. The lowest BCUT2D eigenvalue weighted by atomic mass is 9.74. The maximum Gasteiger partial charge on any atom is 0.328 e. The Morgan fingerprint density at radius 1 is 0.277 bits per heavy atom. The minimum Gasteiger partial charge on any atom is -0.491 e. The first kappa shape index (κ1) is 128. The molecule has 4 unspecified atom stereocenters. The van der Waals surface area contributed by atoms with Crippen LogP contribution in [0.1, 0.15) is 341 Å². The largest absolute Gasteiger partial charge is 0.491 e. The highest BCUT2D eigenvalue weighted by Gasteiger charge is 2.42. The van der Waals surface area contributed by atoms with Gasteiger partial charge in [0, 0.05) is 41.2 Å². The zero-order valence-electron chi connectivity index (χ0n) is 94.3. The van der Waals surface area contributed by atoms with Crippen LogP contribution in [-0.2, 0) is 78.8 Å². The minimum atomic E-state index is -1.14. The van der Waals surface area contributed by atoms with E-state index in [1.165, 1.54) is 99.1 Å². The monoisotopic (exact) mass is 2130 g/mol. The Labute approximate surface area is 894 Å². The van der Waals surface area contributed by atoms with Crippen molar-refractivity contribution < 1.29 is 116 Å². The van der Waals surface area contributed by atoms with Crippen molar-refractivity contribution in [1.29, 1.82) is 0 Å². The number of aliphatic hydroxyl groups is 4. The maximum atomic E-state index is 13.2. The molecule has 0 aliphatic heterocycles. The molecule has 0 radical (unpaired) electrons. The molecule has 32 heteroatoms. The van der Waals surface area contributed by atoms with Crippen LogP contribution < -0.4 is 40.2 Å². The van der Waals surface area contributed by atoms with Crippen molar-refractivity contribution in [2.75, 3.05) is 69.1 Å². The second-order valence-electron chi connectivity index (χ2n) is 42.4. The second-order valence-corrected chi connectivity index (χ2v) is 46.6. The number of nitrogens with one attached hydrogen (secondary N) is 4. The fourth-order valence-corrected chi connectivity index (χ4v) is 22.8. The highest BCUT2D eigenvalue weighted by molar-refractivity contribution is 7.15. The van der Waals surface area contributed by atoms with Gasteiger partial charge in [0.05, 0.1) is 99.4 Å². The Kier molecular flexibility index (Phi) is 48.4. The molecule has 8 atom stereocenters. The van der Waals surface area contributed by atoms with E-state index in [4.69, 9.17) is 37.9 Å². The van der Waals surface area contributed by atoms with Crippen molar-refractivity contribution in [2.24, 2.45) is 21.7 Å². The van der Waals surface area contributed by atoms with E-state index in [-0.39, 0.29) is 94.4 Å². The molecule has 820 valence electrons. The summed E-state index contributed by atoms with van der Waals surface area (Å²) in [4.78, 5) is 130. The summed E-state index contributed by atoms with van der Waals surface area (Å²) in [6.07, 6.45) is 3.74. The number of methoxy groups -OCH3 is 6. The molecule has 0 saturated heterocycles. The van der Waals surface area contributed by atoms with Crippen molar-refractivity contribution in [3.63, 3.8) is 0 Å². The number of hydrogen-bond donors (Lipinski definition) is 8. The van der Waals surface area contributed by atoms with E-state index in [2.05, 4.69) is 147 Å². The fraction of sp³-hybridized carbons (Fsp3) is 0.569. The number of thiophene rings is 4. The van der Waals surface area contributed by atoms with Gasteiger partial charge in [-0.15, -0.1) is 45.3 Å². The molecule has 8 N–H and O–H groups in total. The van der Waals surface area contributed by atoms with Gasteiger partial charge < -0.3 is 89.1 Å². The molecule has 8 aromatic rings. The van der Waals surface area contributed by atoms with Crippen LogP contribution in [0.2, 0.25) is 0 Å². The van der Waals surface area contributed by atoms with Gasteiger partial charge in [0.25, 0.3) is 23.6 Å². The molecule has 0 saturated carbocycles. The third kappa shape index (κ3) is 32.7. The zero-order valence-corrected chi connectivity index (χ0v) is 97.6. The van der Waals surface area contributed by atoms with Gasteiger partial charge in [-0.2, -0.15) is 0 Å². The van der Waals surface area contributed by atoms with Gasteiger partial charge in [0.15, 0.2) is 0 Å². The van der Waals surface area contributed by atoms with Gasteiger partial charge in [-0.05, 0) is 258 Å². The summed E-state index contributed by atoms with van der Waals surface area (Å²) in [6.45, 7) is 60.6. The minimum absolute atomic E-state index is 0.210. The van der Waals surface area contributed by atoms with Crippen LogP contribution in [0.25, 0.3) is 0 Å². The number of amides is 4. The van der Waals surface area contributed by atoms with Gasteiger partial charge in [0.2, 0.25) is 0 Å². The Balaban J connectivity index is 0.000000347. The van der Waals surface area contributed by atoms with Crippen LogP contribution in [0.5, 0.6) is 23.0 Å². The smallest absolute Gasteiger partial charge is 0.328 e. The van der Waals surface area contributed by atoms with Crippen LogP contribution in [0.15, 0.2) is 97.1 Å². The highest BCUT2D eigenvalue weighted by atomic mass is 32.1. The normalized spacial score (nSPS) is 13.6. The quantitative estimate of drug-likeness (QED) is 0.0130. The number of carbonyl (C=O) groups excluding carboxylic acids is 10. The SMILES string of the molecule is CCC(CC)(c1ccc(OCC(O)C(C)(C)C)c(C)c1)c1cc(C)c(C(=O)N[C@@H](C)C(=O)OC)s1.CCC(CC)(c1ccc(OCC(O)C(C)(C)C)c(C)c1)c1cc(C)c(C(=O)N[C@@H](CC(=O)OC)C(=O)OC)s1.CCC(CC)(c1ccc(OCC(O)C(C)(C)C)c(C)c1)c1cc(C)c(C(=O)N[C@H](C)C(=O)OC)s1.CCC(CC)(c1ccc(OCC(O)C(C)(C)C)c(C)c1)c1cc(C)c(C(=O)N[C@H](CC(=O)OC)C(=O)OC)s1. The molecule has 4 aromatic carbocycles. The molecular formula is C116H168N4O24S4. The fourth-order valence-electron chi connectivity index (χ4n) is 17.1. The molecule has 8 rings (SSSR count). The summed E-state index contributed by atoms with van der Waals surface area (Å²) in [5, 5.41) is 52.2. The number of esters is 6. The van der Waals surface area contributed by atoms with Crippen LogP contribution in [0, 0.1) is 77.0 Å². The first-order valence-corrected chi connectivity index (χ1v) is 54.1. The van der Waals surface area contributed by atoms with Crippen LogP contribution in [0.4, 0.5) is 0 Å². The average molecular weight is 2130 g/mol. The molecule has 0 fully saturated rings. The number of carbonyl (C=O) groups is 10. The van der Waals surface area contributed by atoms with E-state index < -0.39 is 96.2 Å². The number of hydrogen-bond acceptors (Lipinski definition) is 28. The Morgan fingerprint density at radius 2 is 0.466 bits per heavy atom.